The van der Waals surface area contributed by atoms with Crippen molar-refractivity contribution in [3.05, 3.63) is 51.9 Å². The number of nitrogens with zero attached hydrogens (tertiary/aromatic N) is 4. The minimum absolute atomic E-state index is 0.0390. The summed E-state index contributed by atoms with van der Waals surface area (Å²) in [7, 11) is 0. The first-order valence-electron chi connectivity index (χ1n) is 11.0. The average molecular weight is 439 g/mol. The molecule has 2 aliphatic rings. The number of urea groups is 1. The highest BCUT2D eigenvalue weighted by Gasteiger charge is 2.27. The first-order valence-corrected chi connectivity index (χ1v) is 11.3. The molecule has 1 aromatic heterocycles. The van der Waals surface area contributed by atoms with Gasteiger partial charge in [0.25, 0.3) is 0 Å². The topological polar surface area (TPSA) is 93.9 Å². The molecule has 1 aliphatic carbocycles. The zero-order chi connectivity index (χ0) is 21.6. The van der Waals surface area contributed by atoms with Crippen molar-refractivity contribution >= 4 is 23.4 Å². The van der Waals surface area contributed by atoms with E-state index in [9.17, 15) is 10.1 Å². The van der Waals surface area contributed by atoms with Gasteiger partial charge in [0.2, 0.25) is 5.82 Å². The van der Waals surface area contributed by atoms with Crippen LogP contribution in [0.5, 0.6) is 0 Å². The SMILES string of the molecule is N#Cc1nc2c(c(NCCc3ccccc3Cl)n1)CCN(C(=O)NC1CCCCC1)C2. The highest BCUT2D eigenvalue weighted by atomic mass is 35.5. The largest absolute Gasteiger partial charge is 0.369 e. The summed E-state index contributed by atoms with van der Waals surface area (Å²) in [4.78, 5) is 23.3. The van der Waals surface area contributed by atoms with Crippen LogP contribution in [0, 0.1) is 11.3 Å². The van der Waals surface area contributed by atoms with Crippen LogP contribution in [0.4, 0.5) is 10.6 Å². The third-order valence-corrected chi connectivity index (χ3v) is 6.40. The third-order valence-electron chi connectivity index (χ3n) is 6.03. The Morgan fingerprint density at radius 1 is 1.23 bits per heavy atom. The number of anilines is 1. The number of carbonyl (C=O) groups excluding carboxylic acids is 1. The molecule has 0 bridgehead atoms. The van der Waals surface area contributed by atoms with Gasteiger partial charge in [-0.3, -0.25) is 0 Å². The van der Waals surface area contributed by atoms with E-state index < -0.39 is 0 Å². The molecule has 8 heteroatoms. The molecule has 31 heavy (non-hydrogen) atoms. The van der Waals surface area contributed by atoms with E-state index in [1.165, 1.54) is 19.3 Å². The average Bonchev–Trinajstić information content (AvgIpc) is 2.80. The molecule has 1 aliphatic heterocycles. The number of amides is 2. The van der Waals surface area contributed by atoms with Crippen molar-refractivity contribution in [1.82, 2.24) is 20.2 Å². The van der Waals surface area contributed by atoms with Gasteiger partial charge in [-0.25, -0.2) is 14.8 Å². The van der Waals surface area contributed by atoms with E-state index in [4.69, 9.17) is 11.6 Å². The smallest absolute Gasteiger partial charge is 0.317 e. The van der Waals surface area contributed by atoms with Crippen LogP contribution in [0.3, 0.4) is 0 Å². The van der Waals surface area contributed by atoms with E-state index in [2.05, 4.69) is 20.6 Å². The van der Waals surface area contributed by atoms with Crippen molar-refractivity contribution in [2.45, 2.75) is 57.5 Å². The Hall–Kier alpha value is -2.85. The first-order chi connectivity index (χ1) is 15.1. The summed E-state index contributed by atoms with van der Waals surface area (Å²) < 4.78 is 0. The van der Waals surface area contributed by atoms with Crippen LogP contribution in [0.1, 0.15) is 54.7 Å². The third kappa shape index (κ3) is 5.26. The number of rotatable bonds is 5. The monoisotopic (exact) mass is 438 g/mol. The van der Waals surface area contributed by atoms with Crippen LogP contribution >= 0.6 is 11.6 Å². The molecule has 1 fully saturated rings. The lowest BCUT2D eigenvalue weighted by Gasteiger charge is -2.32. The summed E-state index contributed by atoms with van der Waals surface area (Å²) in [6.45, 7) is 1.65. The summed E-state index contributed by atoms with van der Waals surface area (Å²) >= 11 is 6.24. The van der Waals surface area contributed by atoms with Crippen molar-refractivity contribution in [3.63, 3.8) is 0 Å². The van der Waals surface area contributed by atoms with Crippen molar-refractivity contribution in [2.75, 3.05) is 18.4 Å². The normalized spacial score (nSPS) is 16.3. The number of nitrogens with one attached hydrogen (secondary N) is 2. The molecule has 162 valence electrons. The summed E-state index contributed by atoms with van der Waals surface area (Å²) in [5, 5.41) is 16.6. The molecular weight excluding hydrogens is 412 g/mol. The molecular formula is C23H27ClN6O. The van der Waals surface area contributed by atoms with E-state index in [1.54, 1.807) is 4.90 Å². The van der Waals surface area contributed by atoms with Crippen molar-refractivity contribution in [1.29, 1.82) is 5.26 Å². The molecule has 4 rings (SSSR count). The zero-order valence-electron chi connectivity index (χ0n) is 17.5. The van der Waals surface area contributed by atoms with E-state index >= 15 is 0 Å². The molecule has 7 nitrogen and oxygen atoms in total. The van der Waals surface area contributed by atoms with E-state index in [1.807, 2.05) is 30.3 Å². The molecule has 0 spiro atoms. The summed E-state index contributed by atoms with van der Waals surface area (Å²) in [5.74, 6) is 0.800. The minimum Gasteiger partial charge on any atom is -0.369 e. The number of hydrogen-bond donors (Lipinski definition) is 2. The Bertz CT molecular complexity index is 983. The Morgan fingerprint density at radius 2 is 2.03 bits per heavy atom. The predicted octanol–water partition coefficient (Wildman–Crippen LogP) is 4.06. The highest BCUT2D eigenvalue weighted by molar-refractivity contribution is 6.31. The van der Waals surface area contributed by atoms with Gasteiger partial charge in [0.15, 0.2) is 0 Å². The van der Waals surface area contributed by atoms with Gasteiger partial charge in [-0.15, -0.1) is 0 Å². The Morgan fingerprint density at radius 3 is 2.81 bits per heavy atom. The molecule has 0 saturated heterocycles. The van der Waals surface area contributed by atoms with Crippen molar-refractivity contribution in [3.8, 4) is 6.07 Å². The number of fused-ring (bicyclic) bond motifs is 1. The second-order valence-electron chi connectivity index (χ2n) is 8.16. The Labute approximate surface area is 187 Å². The summed E-state index contributed by atoms with van der Waals surface area (Å²) in [6.07, 6.45) is 7.12. The lowest BCUT2D eigenvalue weighted by Crippen LogP contribution is -2.47. The second kappa shape index (κ2) is 9.97. The molecule has 1 saturated carbocycles. The van der Waals surface area contributed by atoms with Crippen LogP contribution in [0.15, 0.2) is 24.3 Å². The van der Waals surface area contributed by atoms with Gasteiger partial charge in [0.1, 0.15) is 11.9 Å². The number of benzene rings is 1. The van der Waals surface area contributed by atoms with Gasteiger partial charge in [-0.05, 0) is 37.3 Å². The standard InChI is InChI=1S/C23H27ClN6O/c24-19-9-5-4-6-16(19)10-12-26-22-18-11-13-30(15-20(18)28-21(14-25)29-22)23(31)27-17-7-2-1-3-8-17/h4-6,9,17H,1-3,7-8,10-13,15H2,(H,27,31)(H,26,28,29). The van der Waals surface area contributed by atoms with Gasteiger partial charge < -0.3 is 15.5 Å². The van der Waals surface area contributed by atoms with E-state index in [0.29, 0.717) is 31.9 Å². The minimum atomic E-state index is -0.0390. The molecule has 2 aromatic rings. The number of hydrogen-bond acceptors (Lipinski definition) is 5. The van der Waals surface area contributed by atoms with Gasteiger partial charge >= 0.3 is 6.03 Å². The fourth-order valence-electron chi connectivity index (χ4n) is 4.33. The van der Waals surface area contributed by atoms with Gasteiger partial charge in [-0.2, -0.15) is 5.26 Å². The summed E-state index contributed by atoms with van der Waals surface area (Å²) in [6, 6.07) is 10.0. The molecule has 0 radical (unpaired) electrons. The quantitative estimate of drug-likeness (QED) is 0.734. The van der Waals surface area contributed by atoms with Gasteiger partial charge in [-0.1, -0.05) is 49.1 Å². The number of carbonyl (C=O) groups is 1. The fourth-order valence-corrected chi connectivity index (χ4v) is 4.56. The van der Waals surface area contributed by atoms with E-state index in [0.717, 1.165) is 41.1 Å². The lowest BCUT2D eigenvalue weighted by atomic mass is 9.95. The van der Waals surface area contributed by atoms with Crippen LogP contribution in [0.2, 0.25) is 5.02 Å². The number of aromatic nitrogens is 2. The second-order valence-corrected chi connectivity index (χ2v) is 8.56. The molecule has 2 heterocycles. The molecule has 0 unspecified atom stereocenters. The fraction of sp³-hybridized carbons (Fsp3) is 0.478. The molecule has 1 aromatic carbocycles. The van der Waals surface area contributed by atoms with Crippen LogP contribution in [-0.2, 0) is 19.4 Å². The molecule has 0 atom stereocenters. The van der Waals surface area contributed by atoms with Crippen LogP contribution in [0.25, 0.3) is 0 Å². The number of nitriles is 1. The lowest BCUT2D eigenvalue weighted by molar-refractivity contribution is 0.183. The van der Waals surface area contributed by atoms with Crippen LogP contribution in [-0.4, -0.2) is 40.0 Å². The molecule has 2 amide bonds. The summed E-state index contributed by atoms with van der Waals surface area (Å²) in [5.41, 5.74) is 2.79. The van der Waals surface area contributed by atoms with E-state index in [-0.39, 0.29) is 17.9 Å². The zero-order valence-corrected chi connectivity index (χ0v) is 18.3. The van der Waals surface area contributed by atoms with Gasteiger partial charge in [0, 0.05) is 29.7 Å². The van der Waals surface area contributed by atoms with Crippen molar-refractivity contribution in [2.24, 2.45) is 0 Å². The maximum Gasteiger partial charge on any atom is 0.317 e. The Kier molecular flexibility index (Phi) is 6.88. The van der Waals surface area contributed by atoms with Crippen molar-refractivity contribution < 1.29 is 4.79 Å². The highest BCUT2D eigenvalue weighted by Crippen LogP contribution is 2.25. The molecule has 2 N–H and O–H groups in total. The first kappa shape index (κ1) is 21.4. The number of halogens is 1. The maximum atomic E-state index is 12.8. The van der Waals surface area contributed by atoms with Gasteiger partial charge in [0.05, 0.1) is 12.2 Å². The predicted molar refractivity (Wildman–Crippen MR) is 120 cm³/mol. The van der Waals surface area contributed by atoms with Crippen LogP contribution < -0.4 is 10.6 Å². The maximum absolute atomic E-state index is 12.8. The Balaban J connectivity index is 1.43.